The van der Waals surface area contributed by atoms with Crippen LogP contribution < -0.4 is 10.6 Å². The Labute approximate surface area is 149 Å². The summed E-state index contributed by atoms with van der Waals surface area (Å²) in [6, 6.07) is 14.1. The molecule has 0 aliphatic heterocycles. The number of Topliss-reactive ketones (excluding diaryl/α,β-unsaturated/α-hetero) is 1. The highest BCUT2D eigenvalue weighted by atomic mass is 127. The van der Waals surface area contributed by atoms with Crippen LogP contribution in [0.1, 0.15) is 10.4 Å². The molecule has 0 atom stereocenters. The Hall–Kier alpha value is -1.93. The topological polar surface area (TPSA) is 61.4 Å². The first kappa shape index (κ1) is 17.4. The lowest BCUT2D eigenvalue weighted by Crippen LogP contribution is -2.22. The minimum absolute atomic E-state index is 0.0108. The highest BCUT2D eigenvalue weighted by Crippen LogP contribution is 2.14. The van der Waals surface area contributed by atoms with Crippen LogP contribution >= 0.6 is 22.6 Å². The van der Waals surface area contributed by atoms with Crippen molar-refractivity contribution in [1.29, 1.82) is 0 Å². The number of urea groups is 1. The Morgan fingerprint density at radius 2 is 1.65 bits per heavy atom. The number of amides is 2. The van der Waals surface area contributed by atoms with Gasteiger partial charge >= 0.3 is 6.03 Å². The molecule has 2 aromatic carbocycles. The zero-order valence-electron chi connectivity index (χ0n) is 13.0. The molecule has 0 radical (unpaired) electrons. The summed E-state index contributed by atoms with van der Waals surface area (Å²) in [5.41, 5.74) is 1.87. The zero-order valence-corrected chi connectivity index (χ0v) is 15.1. The summed E-state index contributed by atoms with van der Waals surface area (Å²) < 4.78 is 1.10. The van der Waals surface area contributed by atoms with Crippen molar-refractivity contribution < 1.29 is 9.59 Å². The van der Waals surface area contributed by atoms with Crippen LogP contribution in [-0.2, 0) is 0 Å². The molecule has 2 amide bonds. The van der Waals surface area contributed by atoms with Gasteiger partial charge in [-0.3, -0.25) is 4.79 Å². The lowest BCUT2D eigenvalue weighted by atomic mass is 10.1. The SMILES string of the molecule is CN(C)CC(=O)c1cccc(NC(=O)Nc2ccc(I)cc2)c1. The molecule has 0 aromatic heterocycles. The molecule has 0 saturated heterocycles. The smallest absolute Gasteiger partial charge is 0.308 e. The number of hydrogen-bond donors (Lipinski definition) is 2. The number of nitrogens with zero attached hydrogens (tertiary/aromatic N) is 1. The van der Waals surface area contributed by atoms with Crippen molar-refractivity contribution in [2.75, 3.05) is 31.3 Å². The van der Waals surface area contributed by atoms with Gasteiger partial charge in [-0.05, 0) is 73.1 Å². The van der Waals surface area contributed by atoms with Gasteiger partial charge in [0.2, 0.25) is 0 Å². The standard InChI is InChI=1S/C17H18IN3O2/c1-21(2)11-16(22)12-4-3-5-15(10-12)20-17(23)19-14-8-6-13(18)7-9-14/h3-10H,11H2,1-2H3,(H2,19,20,23). The highest BCUT2D eigenvalue weighted by molar-refractivity contribution is 14.1. The van der Waals surface area contributed by atoms with E-state index < -0.39 is 0 Å². The van der Waals surface area contributed by atoms with Crippen LogP contribution in [0.25, 0.3) is 0 Å². The molecule has 120 valence electrons. The summed E-state index contributed by atoms with van der Waals surface area (Å²) in [5.74, 6) is 0.0108. The van der Waals surface area contributed by atoms with E-state index in [9.17, 15) is 9.59 Å². The fourth-order valence-electron chi connectivity index (χ4n) is 1.98. The number of likely N-dealkylation sites (N-methyl/N-ethyl adjacent to an activating group) is 1. The maximum absolute atomic E-state index is 12.0. The van der Waals surface area contributed by atoms with Crippen molar-refractivity contribution in [2.45, 2.75) is 0 Å². The number of benzene rings is 2. The van der Waals surface area contributed by atoms with Crippen LogP contribution in [0.15, 0.2) is 48.5 Å². The molecule has 23 heavy (non-hydrogen) atoms. The Morgan fingerprint density at radius 1 is 1.00 bits per heavy atom. The van der Waals surface area contributed by atoms with E-state index in [0.29, 0.717) is 23.5 Å². The van der Waals surface area contributed by atoms with Gasteiger partial charge in [0.15, 0.2) is 5.78 Å². The number of carbonyl (C=O) groups excluding carboxylic acids is 2. The van der Waals surface area contributed by atoms with Gasteiger partial charge in [0.05, 0.1) is 6.54 Å². The molecule has 0 heterocycles. The predicted molar refractivity (Wildman–Crippen MR) is 101 cm³/mol. The molecule has 0 aliphatic rings. The van der Waals surface area contributed by atoms with Gasteiger partial charge in [-0.15, -0.1) is 0 Å². The fourth-order valence-corrected chi connectivity index (χ4v) is 2.34. The molecule has 0 bridgehead atoms. The summed E-state index contributed by atoms with van der Waals surface area (Å²) in [4.78, 5) is 25.9. The average Bonchev–Trinajstić information content (AvgIpc) is 2.49. The van der Waals surface area contributed by atoms with E-state index in [2.05, 4.69) is 33.2 Å². The summed E-state index contributed by atoms with van der Waals surface area (Å²) in [5, 5.41) is 5.49. The molecular weight excluding hydrogens is 405 g/mol. The lowest BCUT2D eigenvalue weighted by molar-refractivity contribution is 0.0958. The first-order valence-electron chi connectivity index (χ1n) is 7.05. The Morgan fingerprint density at radius 3 is 2.30 bits per heavy atom. The third-order valence-electron chi connectivity index (χ3n) is 3.00. The molecule has 0 fully saturated rings. The normalized spacial score (nSPS) is 10.4. The van der Waals surface area contributed by atoms with Crippen LogP contribution in [0.3, 0.4) is 0 Å². The van der Waals surface area contributed by atoms with Crippen LogP contribution in [0.5, 0.6) is 0 Å². The van der Waals surface area contributed by atoms with Crippen LogP contribution in [0.4, 0.5) is 16.2 Å². The van der Waals surface area contributed by atoms with Crippen molar-refractivity contribution in [3.63, 3.8) is 0 Å². The second-order valence-electron chi connectivity index (χ2n) is 5.33. The lowest BCUT2D eigenvalue weighted by Gasteiger charge is -2.11. The van der Waals surface area contributed by atoms with Crippen molar-refractivity contribution in [2.24, 2.45) is 0 Å². The molecule has 2 N–H and O–H groups in total. The van der Waals surface area contributed by atoms with Crippen molar-refractivity contribution in [1.82, 2.24) is 4.90 Å². The monoisotopic (exact) mass is 423 g/mol. The minimum atomic E-state index is -0.344. The summed E-state index contributed by atoms with van der Waals surface area (Å²) in [7, 11) is 3.68. The van der Waals surface area contributed by atoms with E-state index in [1.54, 1.807) is 24.3 Å². The third kappa shape index (κ3) is 5.65. The van der Waals surface area contributed by atoms with E-state index in [0.717, 1.165) is 3.57 Å². The van der Waals surface area contributed by atoms with Gasteiger partial charge < -0.3 is 15.5 Å². The quantitative estimate of drug-likeness (QED) is 0.570. The van der Waals surface area contributed by atoms with Crippen molar-refractivity contribution in [3.05, 3.63) is 57.7 Å². The third-order valence-corrected chi connectivity index (χ3v) is 3.72. The number of carbonyl (C=O) groups is 2. The molecule has 2 rings (SSSR count). The summed E-state index contributed by atoms with van der Waals surface area (Å²) >= 11 is 2.20. The predicted octanol–water partition coefficient (Wildman–Crippen LogP) is 3.68. The largest absolute Gasteiger partial charge is 0.323 e. The van der Waals surface area contributed by atoms with Crippen molar-refractivity contribution in [3.8, 4) is 0 Å². The van der Waals surface area contributed by atoms with Crippen molar-refractivity contribution >= 4 is 45.8 Å². The second kappa shape index (κ2) is 8.07. The number of nitrogens with one attached hydrogen (secondary N) is 2. The Kier molecular flexibility index (Phi) is 6.12. The Bertz CT molecular complexity index is 699. The van der Waals surface area contributed by atoms with E-state index in [4.69, 9.17) is 0 Å². The van der Waals surface area contributed by atoms with Crippen LogP contribution in [0, 0.1) is 3.57 Å². The highest BCUT2D eigenvalue weighted by Gasteiger charge is 2.09. The first-order chi connectivity index (χ1) is 10.9. The molecule has 0 spiro atoms. The van der Waals surface area contributed by atoms with E-state index in [1.165, 1.54) is 0 Å². The number of halogens is 1. The van der Waals surface area contributed by atoms with Crippen LogP contribution in [-0.4, -0.2) is 37.4 Å². The Balaban J connectivity index is 2.00. The summed E-state index contributed by atoms with van der Waals surface area (Å²) in [6.45, 7) is 0.332. The average molecular weight is 423 g/mol. The van der Waals surface area contributed by atoms with Gasteiger partial charge in [-0.2, -0.15) is 0 Å². The molecule has 0 aliphatic carbocycles. The molecule has 5 nitrogen and oxygen atoms in total. The van der Waals surface area contributed by atoms with Gasteiger partial charge in [-0.25, -0.2) is 4.79 Å². The number of rotatable bonds is 5. The van der Waals surface area contributed by atoms with E-state index in [-0.39, 0.29) is 11.8 Å². The van der Waals surface area contributed by atoms with E-state index in [1.807, 2.05) is 43.3 Å². The molecule has 2 aromatic rings. The molecule has 6 heteroatoms. The first-order valence-corrected chi connectivity index (χ1v) is 8.13. The van der Waals surface area contributed by atoms with Gasteiger partial charge in [-0.1, -0.05) is 12.1 Å². The minimum Gasteiger partial charge on any atom is -0.308 e. The molecule has 0 saturated carbocycles. The van der Waals surface area contributed by atoms with Gasteiger partial charge in [0.1, 0.15) is 0 Å². The maximum atomic E-state index is 12.0. The van der Waals surface area contributed by atoms with E-state index >= 15 is 0 Å². The second-order valence-corrected chi connectivity index (χ2v) is 6.57. The number of hydrogen-bond acceptors (Lipinski definition) is 3. The maximum Gasteiger partial charge on any atom is 0.323 e. The number of ketones is 1. The molecule has 0 unspecified atom stereocenters. The zero-order chi connectivity index (χ0) is 16.8. The summed E-state index contributed by atoms with van der Waals surface area (Å²) in [6.07, 6.45) is 0. The number of anilines is 2. The molecular formula is C17H18IN3O2. The van der Waals surface area contributed by atoms with Crippen LogP contribution in [0.2, 0.25) is 0 Å². The fraction of sp³-hybridized carbons (Fsp3) is 0.176. The van der Waals surface area contributed by atoms with Gasteiger partial charge in [0.25, 0.3) is 0 Å². The van der Waals surface area contributed by atoms with Gasteiger partial charge in [0, 0.05) is 20.5 Å².